The van der Waals surface area contributed by atoms with Gasteiger partial charge in [-0.15, -0.1) is 0 Å². The molecule has 9 nitrogen and oxygen atoms in total. The summed E-state index contributed by atoms with van der Waals surface area (Å²) in [5.41, 5.74) is -2.66. The summed E-state index contributed by atoms with van der Waals surface area (Å²) in [4.78, 5) is 36.2. The zero-order valence-electron chi connectivity index (χ0n) is 22.5. The summed E-state index contributed by atoms with van der Waals surface area (Å²) >= 11 is 0. The van der Waals surface area contributed by atoms with Gasteiger partial charge in [-0.05, 0) is 35.4 Å². The predicted octanol–water partition coefficient (Wildman–Crippen LogP) is 3.28. The van der Waals surface area contributed by atoms with E-state index >= 15 is 0 Å². The van der Waals surface area contributed by atoms with Gasteiger partial charge < -0.3 is 25.5 Å². The van der Waals surface area contributed by atoms with E-state index in [0.717, 1.165) is 11.5 Å². The highest BCUT2D eigenvalue weighted by Gasteiger charge is 2.49. The third-order valence-corrected chi connectivity index (χ3v) is 6.80. The zero-order chi connectivity index (χ0) is 29.8. The number of carbonyl (C=O) groups excluding carboxylic acids is 2. The highest BCUT2D eigenvalue weighted by molar-refractivity contribution is 6.43. The molecular weight excluding hydrogens is 540 g/mol. The van der Waals surface area contributed by atoms with Crippen LogP contribution in [0.25, 0.3) is 10.8 Å². The van der Waals surface area contributed by atoms with Gasteiger partial charge in [-0.2, -0.15) is 13.2 Å². The summed E-state index contributed by atoms with van der Waals surface area (Å²) in [6.07, 6.45) is -3.73. The van der Waals surface area contributed by atoms with Crippen molar-refractivity contribution in [3.05, 3.63) is 77.6 Å². The van der Waals surface area contributed by atoms with Gasteiger partial charge in [0.15, 0.2) is 0 Å². The average molecular weight is 570 g/mol. The van der Waals surface area contributed by atoms with Crippen molar-refractivity contribution in [1.29, 1.82) is 0 Å². The number of rotatable bonds is 10. The monoisotopic (exact) mass is 570 g/mol. The molecule has 0 aliphatic carbocycles. The van der Waals surface area contributed by atoms with Gasteiger partial charge >= 0.3 is 13.3 Å². The Morgan fingerprint density at radius 1 is 1.10 bits per heavy atom. The fourth-order valence-electron chi connectivity index (χ4n) is 4.83. The Morgan fingerprint density at radius 3 is 2.51 bits per heavy atom. The summed E-state index contributed by atoms with van der Waals surface area (Å²) in [5, 5.41) is 30.3. The third kappa shape index (κ3) is 7.03. The molecule has 216 valence electrons. The van der Waals surface area contributed by atoms with Crippen LogP contribution in [0.1, 0.15) is 48.3 Å². The molecule has 2 amide bonds. The largest absolute Gasteiger partial charge is 0.475 e. The molecule has 41 heavy (non-hydrogen) atoms. The molecule has 1 aromatic heterocycles. The van der Waals surface area contributed by atoms with Crippen molar-refractivity contribution < 1.29 is 37.6 Å². The molecule has 0 fully saturated rings. The van der Waals surface area contributed by atoms with Crippen molar-refractivity contribution in [2.24, 2.45) is 11.1 Å². The summed E-state index contributed by atoms with van der Waals surface area (Å²) in [6.45, 7) is 3.48. The number of alkyl halides is 3. The highest BCUT2D eigenvalue weighted by atomic mass is 19.4. The minimum Gasteiger partial charge on any atom is -0.426 e. The van der Waals surface area contributed by atoms with E-state index < -0.39 is 48.6 Å². The lowest BCUT2D eigenvalue weighted by molar-refractivity contribution is -0.146. The number of hydrogen-bond acceptors (Lipinski definition) is 7. The molecule has 2 atom stereocenters. The first-order valence-corrected chi connectivity index (χ1v) is 13.1. The molecule has 0 saturated carbocycles. The van der Waals surface area contributed by atoms with Crippen LogP contribution in [0.2, 0.25) is 0 Å². The third-order valence-electron chi connectivity index (χ3n) is 6.80. The lowest BCUT2D eigenvalue weighted by Gasteiger charge is -2.29. The lowest BCUT2D eigenvalue weighted by Crippen LogP contribution is -2.56. The number of oxime groups is 1. The maximum Gasteiger partial charge on any atom is 0.475 e. The maximum absolute atomic E-state index is 13.8. The van der Waals surface area contributed by atoms with Gasteiger partial charge in [-0.1, -0.05) is 61.5 Å². The number of fused-ring (bicyclic) bond motifs is 1. The number of carbonyl (C=O) groups is 2. The molecule has 3 aromatic rings. The summed E-state index contributed by atoms with van der Waals surface area (Å²) in [6, 6.07) is 13.8. The topological polar surface area (TPSA) is 133 Å². The molecular formula is C28H30BF3N4O5. The number of nitrogens with one attached hydrogen (secondary N) is 2. The van der Waals surface area contributed by atoms with E-state index in [1.807, 2.05) is 26.0 Å². The van der Waals surface area contributed by atoms with Gasteiger partial charge in [0.25, 0.3) is 11.8 Å². The minimum atomic E-state index is -4.68. The van der Waals surface area contributed by atoms with Crippen molar-refractivity contribution in [1.82, 2.24) is 15.6 Å². The van der Waals surface area contributed by atoms with Gasteiger partial charge in [0.05, 0.1) is 23.8 Å². The van der Waals surface area contributed by atoms with Gasteiger partial charge in [0, 0.05) is 24.4 Å². The molecule has 13 heteroatoms. The Morgan fingerprint density at radius 2 is 1.80 bits per heavy atom. The number of benzene rings is 2. The highest BCUT2D eigenvalue weighted by Crippen LogP contribution is 2.36. The van der Waals surface area contributed by atoms with E-state index in [2.05, 4.69) is 20.8 Å². The summed E-state index contributed by atoms with van der Waals surface area (Å²) in [7, 11) is -1.91. The van der Waals surface area contributed by atoms with Crippen LogP contribution >= 0.6 is 0 Å². The smallest absolute Gasteiger partial charge is 0.426 e. The summed E-state index contributed by atoms with van der Waals surface area (Å²) in [5.74, 6) is -2.48. The SMILES string of the molecule is CC(C)C[C@H](NC(=O)C1(Cc2ccccc2C(F)(F)F)CC(CNC(=O)c2nccc3ccccc23)=NO1)B(O)O. The van der Waals surface area contributed by atoms with E-state index in [4.69, 9.17) is 4.84 Å². The number of pyridine rings is 1. The van der Waals surface area contributed by atoms with Crippen LogP contribution in [0.5, 0.6) is 0 Å². The van der Waals surface area contributed by atoms with Crippen LogP contribution in [0.4, 0.5) is 13.2 Å². The van der Waals surface area contributed by atoms with E-state index in [1.54, 1.807) is 18.2 Å². The molecule has 0 saturated heterocycles. The molecule has 0 bridgehead atoms. The van der Waals surface area contributed by atoms with Crippen molar-refractivity contribution in [2.45, 2.75) is 50.8 Å². The number of nitrogens with zero attached hydrogens (tertiary/aromatic N) is 2. The Kier molecular flexibility index (Phi) is 8.98. The van der Waals surface area contributed by atoms with E-state index in [-0.39, 0.29) is 42.3 Å². The Bertz CT molecular complexity index is 1440. The Labute approximate surface area is 234 Å². The van der Waals surface area contributed by atoms with Gasteiger partial charge in [0.1, 0.15) is 5.69 Å². The van der Waals surface area contributed by atoms with Crippen molar-refractivity contribution >= 4 is 35.4 Å². The first-order valence-electron chi connectivity index (χ1n) is 13.1. The standard InChI is InChI=1S/C28H30BF3N4O5/c1-17(2)13-23(29(39)40)35-26(38)27(14-19-8-4-6-10-22(19)28(30,31)32)15-20(36-41-27)16-34-25(37)24-21-9-5-3-7-18(21)11-12-33-24/h3-12,17,23,39-40H,13-16H2,1-2H3,(H,34,37)(H,35,38)/t23-,27?/m0/s1. The van der Waals surface area contributed by atoms with Gasteiger partial charge in [-0.25, -0.2) is 0 Å². The Hall–Kier alpha value is -3.97. The molecule has 4 rings (SSSR count). The normalized spacial score (nSPS) is 17.6. The fourth-order valence-corrected chi connectivity index (χ4v) is 4.83. The van der Waals surface area contributed by atoms with E-state index in [1.165, 1.54) is 24.4 Å². The number of aromatic nitrogens is 1. The van der Waals surface area contributed by atoms with Gasteiger partial charge in [-0.3, -0.25) is 14.6 Å². The molecule has 2 heterocycles. The van der Waals surface area contributed by atoms with Crippen LogP contribution in [0.15, 0.2) is 65.9 Å². The van der Waals surface area contributed by atoms with E-state index in [0.29, 0.717) is 5.39 Å². The zero-order valence-corrected chi connectivity index (χ0v) is 22.5. The van der Waals surface area contributed by atoms with Crippen molar-refractivity contribution in [3.63, 3.8) is 0 Å². The first kappa shape index (κ1) is 30.0. The lowest BCUT2D eigenvalue weighted by atomic mass is 9.74. The molecule has 2 aromatic carbocycles. The summed E-state index contributed by atoms with van der Waals surface area (Å²) < 4.78 is 41.3. The molecule has 0 radical (unpaired) electrons. The van der Waals surface area contributed by atoms with Crippen LogP contribution in [0.3, 0.4) is 0 Å². The molecule has 1 unspecified atom stereocenters. The van der Waals surface area contributed by atoms with Gasteiger partial charge in [0.2, 0.25) is 5.60 Å². The van der Waals surface area contributed by atoms with Crippen LogP contribution in [-0.2, 0) is 22.2 Å². The maximum atomic E-state index is 13.8. The average Bonchev–Trinajstić information content (AvgIpc) is 3.34. The quantitative estimate of drug-likeness (QED) is 0.277. The first-order chi connectivity index (χ1) is 19.4. The number of hydrogen-bond donors (Lipinski definition) is 4. The molecule has 1 aliphatic rings. The predicted molar refractivity (Wildman–Crippen MR) is 147 cm³/mol. The second-order valence-electron chi connectivity index (χ2n) is 10.4. The molecule has 4 N–H and O–H groups in total. The molecule has 0 spiro atoms. The second-order valence-corrected chi connectivity index (χ2v) is 10.4. The Balaban J connectivity index is 1.57. The fraction of sp³-hybridized carbons (Fsp3) is 0.357. The van der Waals surface area contributed by atoms with Crippen LogP contribution < -0.4 is 10.6 Å². The number of amides is 2. The van der Waals surface area contributed by atoms with Crippen molar-refractivity contribution in [3.8, 4) is 0 Å². The van der Waals surface area contributed by atoms with Crippen LogP contribution in [0, 0.1) is 5.92 Å². The second kappa shape index (κ2) is 12.3. The van der Waals surface area contributed by atoms with E-state index in [9.17, 15) is 32.8 Å². The number of halogens is 3. The van der Waals surface area contributed by atoms with Crippen molar-refractivity contribution in [2.75, 3.05) is 6.54 Å². The van der Waals surface area contributed by atoms with Crippen LogP contribution in [-0.4, -0.2) is 57.8 Å². The minimum absolute atomic E-state index is 0.0294. The molecule has 1 aliphatic heterocycles.